The molecule has 1 amide bonds. The molecule has 2 rings (SSSR count). The molecule has 2 heterocycles. The Balaban J connectivity index is 2.07. The molecule has 0 saturated carbocycles. The van der Waals surface area contributed by atoms with Crippen LogP contribution in [-0.2, 0) is 4.74 Å². The van der Waals surface area contributed by atoms with Gasteiger partial charge < -0.3 is 9.64 Å². The van der Waals surface area contributed by atoms with Gasteiger partial charge in [0.05, 0.1) is 12.1 Å². The van der Waals surface area contributed by atoms with Crippen molar-refractivity contribution in [1.29, 1.82) is 0 Å². The van der Waals surface area contributed by atoms with E-state index in [1.807, 2.05) is 6.92 Å². The van der Waals surface area contributed by atoms with Crippen molar-refractivity contribution in [3.05, 3.63) is 12.2 Å². The Morgan fingerprint density at radius 2 is 2.53 bits per heavy atom. The van der Waals surface area contributed by atoms with Gasteiger partial charge in [-0.15, -0.1) is 0 Å². The molecule has 1 saturated heterocycles. The summed E-state index contributed by atoms with van der Waals surface area (Å²) in [6.45, 7) is 2.68. The van der Waals surface area contributed by atoms with Gasteiger partial charge in [-0.1, -0.05) is 0 Å². The Kier molecular flexibility index (Phi) is 2.68. The van der Waals surface area contributed by atoms with E-state index in [4.69, 9.17) is 4.74 Å². The van der Waals surface area contributed by atoms with Crippen molar-refractivity contribution in [1.82, 2.24) is 20.1 Å². The largest absolute Gasteiger partial charge is 0.376 e. The average molecular weight is 210 g/mol. The van der Waals surface area contributed by atoms with Crippen LogP contribution in [0.2, 0.25) is 0 Å². The summed E-state index contributed by atoms with van der Waals surface area (Å²) in [7, 11) is 1.76. The SMILES string of the molecule is CC1OCCC1N(C)C(=O)c1ncn[nH]1. The summed E-state index contributed by atoms with van der Waals surface area (Å²) in [4.78, 5) is 17.4. The maximum Gasteiger partial charge on any atom is 0.291 e. The number of H-pyrrole nitrogens is 1. The first-order valence-electron chi connectivity index (χ1n) is 4.94. The number of rotatable bonds is 2. The number of hydrogen-bond acceptors (Lipinski definition) is 4. The molecule has 0 radical (unpaired) electrons. The van der Waals surface area contributed by atoms with Crippen molar-refractivity contribution >= 4 is 5.91 Å². The Labute approximate surface area is 87.6 Å². The molecule has 0 aliphatic carbocycles. The number of amides is 1. The zero-order valence-corrected chi connectivity index (χ0v) is 8.80. The molecule has 2 unspecified atom stereocenters. The minimum Gasteiger partial charge on any atom is -0.376 e. The van der Waals surface area contributed by atoms with E-state index < -0.39 is 0 Å². The maximum absolute atomic E-state index is 11.9. The Morgan fingerprint density at radius 3 is 3.07 bits per heavy atom. The second kappa shape index (κ2) is 3.98. The molecule has 82 valence electrons. The van der Waals surface area contributed by atoms with Gasteiger partial charge in [0.15, 0.2) is 0 Å². The minimum absolute atomic E-state index is 0.0851. The summed E-state index contributed by atoms with van der Waals surface area (Å²) in [5.74, 6) is 0.131. The van der Waals surface area contributed by atoms with E-state index in [0.29, 0.717) is 6.61 Å². The number of aromatic amines is 1. The zero-order chi connectivity index (χ0) is 10.8. The molecule has 6 heteroatoms. The van der Waals surface area contributed by atoms with Crippen LogP contribution in [0.5, 0.6) is 0 Å². The maximum atomic E-state index is 11.9. The number of nitrogens with zero attached hydrogens (tertiary/aromatic N) is 3. The normalized spacial score (nSPS) is 25.5. The lowest BCUT2D eigenvalue weighted by atomic mass is 10.1. The molecule has 15 heavy (non-hydrogen) atoms. The predicted octanol–water partition coefficient (Wildman–Crippen LogP) is 0.0541. The molecule has 1 aliphatic heterocycles. The topological polar surface area (TPSA) is 71.1 Å². The highest BCUT2D eigenvalue weighted by molar-refractivity contribution is 5.90. The molecular weight excluding hydrogens is 196 g/mol. The van der Waals surface area contributed by atoms with E-state index in [1.54, 1.807) is 11.9 Å². The summed E-state index contributed by atoms with van der Waals surface area (Å²) in [5.41, 5.74) is 0. The van der Waals surface area contributed by atoms with Crippen molar-refractivity contribution in [2.45, 2.75) is 25.5 Å². The lowest BCUT2D eigenvalue weighted by molar-refractivity contribution is 0.0565. The highest BCUT2D eigenvalue weighted by atomic mass is 16.5. The van der Waals surface area contributed by atoms with Gasteiger partial charge in [0.1, 0.15) is 6.33 Å². The number of carbonyl (C=O) groups excluding carboxylic acids is 1. The highest BCUT2D eigenvalue weighted by Crippen LogP contribution is 2.19. The fourth-order valence-electron chi connectivity index (χ4n) is 1.86. The molecule has 0 bridgehead atoms. The van der Waals surface area contributed by atoms with Crippen LogP contribution in [0.4, 0.5) is 0 Å². The Bertz CT molecular complexity index is 338. The fraction of sp³-hybridized carbons (Fsp3) is 0.667. The molecule has 6 nitrogen and oxygen atoms in total. The summed E-state index contributed by atoms with van der Waals surface area (Å²) < 4.78 is 5.41. The third kappa shape index (κ3) is 1.85. The van der Waals surface area contributed by atoms with E-state index in [-0.39, 0.29) is 23.9 Å². The number of carbonyl (C=O) groups is 1. The predicted molar refractivity (Wildman–Crippen MR) is 52.3 cm³/mol. The molecule has 1 fully saturated rings. The number of ether oxygens (including phenoxy) is 1. The van der Waals surface area contributed by atoms with Crippen LogP contribution in [0, 0.1) is 0 Å². The van der Waals surface area contributed by atoms with E-state index in [1.165, 1.54) is 6.33 Å². The van der Waals surface area contributed by atoms with Crippen LogP contribution >= 0.6 is 0 Å². The van der Waals surface area contributed by atoms with E-state index in [9.17, 15) is 4.79 Å². The molecule has 0 aromatic carbocycles. The fourth-order valence-corrected chi connectivity index (χ4v) is 1.86. The molecule has 1 N–H and O–H groups in total. The van der Waals surface area contributed by atoms with Crippen molar-refractivity contribution in [3.63, 3.8) is 0 Å². The van der Waals surface area contributed by atoms with Gasteiger partial charge in [-0.25, -0.2) is 4.98 Å². The standard InChI is InChI=1S/C9H14N4O2/c1-6-7(3-4-15-6)13(2)9(14)8-10-5-11-12-8/h5-7H,3-4H2,1-2H3,(H,10,11,12). The van der Waals surface area contributed by atoms with Gasteiger partial charge in [0.25, 0.3) is 5.91 Å². The van der Waals surface area contributed by atoms with Gasteiger partial charge >= 0.3 is 0 Å². The van der Waals surface area contributed by atoms with E-state index in [2.05, 4.69) is 15.2 Å². The lowest BCUT2D eigenvalue weighted by Crippen LogP contribution is -2.41. The molecule has 0 spiro atoms. The first-order valence-corrected chi connectivity index (χ1v) is 4.94. The van der Waals surface area contributed by atoms with Gasteiger partial charge in [0, 0.05) is 13.7 Å². The van der Waals surface area contributed by atoms with Gasteiger partial charge in [-0.05, 0) is 13.3 Å². The number of hydrogen-bond donors (Lipinski definition) is 1. The number of likely N-dealkylation sites (N-methyl/N-ethyl adjacent to an activating group) is 1. The third-order valence-electron chi connectivity index (χ3n) is 2.77. The van der Waals surface area contributed by atoms with Crippen molar-refractivity contribution in [3.8, 4) is 0 Å². The molecule has 1 aromatic heterocycles. The molecular formula is C9H14N4O2. The second-order valence-corrected chi connectivity index (χ2v) is 3.68. The van der Waals surface area contributed by atoms with Crippen LogP contribution in [0.15, 0.2) is 6.33 Å². The first kappa shape index (κ1) is 10.1. The van der Waals surface area contributed by atoms with Crippen molar-refractivity contribution in [2.24, 2.45) is 0 Å². The second-order valence-electron chi connectivity index (χ2n) is 3.68. The zero-order valence-electron chi connectivity index (χ0n) is 8.80. The number of nitrogens with one attached hydrogen (secondary N) is 1. The smallest absolute Gasteiger partial charge is 0.291 e. The summed E-state index contributed by atoms with van der Waals surface area (Å²) >= 11 is 0. The lowest BCUT2D eigenvalue weighted by Gasteiger charge is -2.25. The van der Waals surface area contributed by atoms with Crippen LogP contribution in [0.25, 0.3) is 0 Å². The Morgan fingerprint density at radius 1 is 1.73 bits per heavy atom. The summed E-state index contributed by atoms with van der Waals surface area (Å²) in [5, 5.41) is 6.22. The van der Waals surface area contributed by atoms with Crippen molar-refractivity contribution in [2.75, 3.05) is 13.7 Å². The van der Waals surface area contributed by atoms with Crippen molar-refractivity contribution < 1.29 is 9.53 Å². The molecule has 1 aromatic rings. The van der Waals surface area contributed by atoms with Gasteiger partial charge in [0.2, 0.25) is 5.82 Å². The first-order chi connectivity index (χ1) is 7.20. The highest BCUT2D eigenvalue weighted by Gasteiger charge is 2.31. The number of aromatic nitrogens is 3. The van der Waals surface area contributed by atoms with E-state index >= 15 is 0 Å². The van der Waals surface area contributed by atoms with Crippen LogP contribution in [0.1, 0.15) is 24.0 Å². The monoisotopic (exact) mass is 210 g/mol. The Hall–Kier alpha value is -1.43. The minimum atomic E-state index is -0.144. The summed E-state index contributed by atoms with van der Waals surface area (Å²) in [6.07, 6.45) is 2.29. The van der Waals surface area contributed by atoms with Gasteiger partial charge in [-0.3, -0.25) is 9.89 Å². The molecule has 2 atom stereocenters. The van der Waals surface area contributed by atoms with Crippen LogP contribution in [-0.4, -0.2) is 51.8 Å². The summed E-state index contributed by atoms with van der Waals surface area (Å²) in [6, 6.07) is 0.127. The quantitative estimate of drug-likeness (QED) is 0.749. The molecule has 1 aliphatic rings. The third-order valence-corrected chi connectivity index (χ3v) is 2.77. The average Bonchev–Trinajstić information content (AvgIpc) is 2.85. The van der Waals surface area contributed by atoms with Crippen LogP contribution in [0.3, 0.4) is 0 Å². The van der Waals surface area contributed by atoms with E-state index in [0.717, 1.165) is 6.42 Å². The van der Waals surface area contributed by atoms with Crippen LogP contribution < -0.4 is 0 Å². The van der Waals surface area contributed by atoms with Gasteiger partial charge in [-0.2, -0.15) is 5.10 Å².